The Kier molecular flexibility index (Phi) is 4.69. The highest BCUT2D eigenvalue weighted by atomic mass is 19.1. The van der Waals surface area contributed by atoms with Gasteiger partial charge in [0, 0.05) is 24.6 Å². The molecule has 1 aliphatic heterocycles. The Hall–Kier alpha value is -2.24. The van der Waals surface area contributed by atoms with Gasteiger partial charge < -0.3 is 9.42 Å². The molecule has 1 aliphatic rings. The fraction of sp³-hybridized carbons (Fsp3) is 0.471. The molecule has 1 atom stereocenters. The quantitative estimate of drug-likeness (QED) is 0.869. The number of benzene rings is 1. The number of nitrogens with zero attached hydrogens (tertiary/aromatic N) is 3. The first-order valence-corrected chi connectivity index (χ1v) is 8.01. The molecule has 3 rings (SSSR count). The lowest BCUT2D eigenvalue weighted by molar-refractivity contribution is -0.137. The van der Waals surface area contributed by atoms with E-state index in [1.165, 1.54) is 0 Å². The number of likely N-dealkylation sites (tertiary alicyclic amines) is 1. The average molecular weight is 317 g/mol. The average Bonchev–Trinajstić information content (AvgIpc) is 3.11. The van der Waals surface area contributed by atoms with Crippen molar-refractivity contribution >= 4 is 5.91 Å². The Labute approximate surface area is 134 Å². The molecule has 0 saturated carbocycles. The predicted octanol–water partition coefficient (Wildman–Crippen LogP) is 3.19. The first-order valence-electron chi connectivity index (χ1n) is 8.01. The maximum atomic E-state index is 13.5. The molecule has 23 heavy (non-hydrogen) atoms. The highest BCUT2D eigenvalue weighted by molar-refractivity contribution is 5.80. The number of halogens is 1. The summed E-state index contributed by atoms with van der Waals surface area (Å²) >= 11 is 0. The minimum Gasteiger partial charge on any atom is -0.340 e. The van der Waals surface area contributed by atoms with E-state index < -0.39 is 12.1 Å². The van der Waals surface area contributed by atoms with Crippen LogP contribution in [0.1, 0.15) is 38.0 Å². The van der Waals surface area contributed by atoms with Crippen LogP contribution in [0.25, 0.3) is 11.4 Å². The van der Waals surface area contributed by atoms with Crippen molar-refractivity contribution in [2.24, 2.45) is 0 Å². The predicted molar refractivity (Wildman–Crippen MR) is 83.5 cm³/mol. The fourth-order valence-electron chi connectivity index (χ4n) is 2.83. The van der Waals surface area contributed by atoms with Crippen LogP contribution in [0.2, 0.25) is 0 Å². The molecule has 0 aliphatic carbocycles. The Balaban J connectivity index is 1.62. The second kappa shape index (κ2) is 6.89. The molecule has 122 valence electrons. The van der Waals surface area contributed by atoms with Crippen molar-refractivity contribution in [1.29, 1.82) is 0 Å². The van der Waals surface area contributed by atoms with E-state index in [2.05, 4.69) is 10.1 Å². The molecule has 0 radical (unpaired) electrons. The van der Waals surface area contributed by atoms with E-state index in [9.17, 15) is 9.18 Å². The van der Waals surface area contributed by atoms with E-state index >= 15 is 0 Å². The van der Waals surface area contributed by atoms with Gasteiger partial charge in [0.05, 0.1) is 0 Å². The van der Waals surface area contributed by atoms with Crippen LogP contribution in [0.3, 0.4) is 0 Å². The molecule has 0 bridgehead atoms. The van der Waals surface area contributed by atoms with Gasteiger partial charge in [0.1, 0.15) is 0 Å². The summed E-state index contributed by atoms with van der Waals surface area (Å²) in [6, 6.07) is 9.66. The van der Waals surface area contributed by atoms with Crippen molar-refractivity contribution in [2.75, 3.05) is 13.1 Å². The highest BCUT2D eigenvalue weighted by Crippen LogP contribution is 2.29. The summed E-state index contributed by atoms with van der Waals surface area (Å²) in [6.07, 6.45) is 0.277. The van der Waals surface area contributed by atoms with Crippen LogP contribution in [0.15, 0.2) is 34.9 Å². The van der Waals surface area contributed by atoms with Gasteiger partial charge in [-0.25, -0.2) is 4.39 Å². The number of carbonyl (C=O) groups is 1. The second-order valence-electron chi connectivity index (χ2n) is 5.80. The van der Waals surface area contributed by atoms with Gasteiger partial charge >= 0.3 is 0 Å². The summed E-state index contributed by atoms with van der Waals surface area (Å²) in [5.74, 6) is 0.905. The maximum absolute atomic E-state index is 13.5. The van der Waals surface area contributed by atoms with Crippen molar-refractivity contribution in [1.82, 2.24) is 15.0 Å². The van der Waals surface area contributed by atoms with Crippen LogP contribution in [0, 0.1) is 0 Å². The maximum Gasteiger partial charge on any atom is 0.257 e. The summed E-state index contributed by atoms with van der Waals surface area (Å²) in [5, 5.41) is 4.03. The lowest BCUT2D eigenvalue weighted by Crippen LogP contribution is -2.42. The molecule has 0 spiro atoms. The van der Waals surface area contributed by atoms with Crippen LogP contribution in [0.5, 0.6) is 0 Å². The third-order valence-corrected chi connectivity index (χ3v) is 4.26. The number of alkyl halides is 1. The third-order valence-electron chi connectivity index (χ3n) is 4.26. The molecule has 2 heterocycles. The summed E-state index contributed by atoms with van der Waals surface area (Å²) in [7, 11) is 0. The summed E-state index contributed by atoms with van der Waals surface area (Å²) in [5.41, 5.74) is 0.915. The number of amides is 1. The van der Waals surface area contributed by atoms with Gasteiger partial charge in [-0.2, -0.15) is 4.98 Å². The zero-order chi connectivity index (χ0) is 16.2. The minimum atomic E-state index is -1.39. The van der Waals surface area contributed by atoms with E-state index in [0.717, 1.165) is 18.4 Å². The van der Waals surface area contributed by atoms with Gasteiger partial charge in [0.25, 0.3) is 5.91 Å². The standard InChI is InChI=1S/C17H20FN3O2/c1-2-14(18)17(22)21-10-8-13(9-11-21)16-19-15(20-23-16)12-6-4-3-5-7-12/h3-7,13-14H,2,8-11H2,1H3. The van der Waals surface area contributed by atoms with Crippen LogP contribution in [-0.4, -0.2) is 40.2 Å². The van der Waals surface area contributed by atoms with E-state index in [1.54, 1.807) is 11.8 Å². The molecule has 1 unspecified atom stereocenters. The van der Waals surface area contributed by atoms with Crippen molar-refractivity contribution in [2.45, 2.75) is 38.3 Å². The third kappa shape index (κ3) is 3.41. The molecule has 6 heteroatoms. The number of hydrogen-bond acceptors (Lipinski definition) is 4. The fourth-order valence-corrected chi connectivity index (χ4v) is 2.83. The first-order chi connectivity index (χ1) is 11.2. The monoisotopic (exact) mass is 317 g/mol. The van der Waals surface area contributed by atoms with E-state index in [4.69, 9.17) is 4.52 Å². The highest BCUT2D eigenvalue weighted by Gasteiger charge is 2.30. The first kappa shape index (κ1) is 15.6. The van der Waals surface area contributed by atoms with Gasteiger partial charge in [-0.1, -0.05) is 42.4 Å². The molecule has 5 nitrogen and oxygen atoms in total. The van der Waals surface area contributed by atoms with Gasteiger partial charge in [-0.05, 0) is 19.3 Å². The number of hydrogen-bond donors (Lipinski definition) is 0. The summed E-state index contributed by atoms with van der Waals surface area (Å²) in [4.78, 5) is 17.9. The summed E-state index contributed by atoms with van der Waals surface area (Å²) < 4.78 is 18.9. The van der Waals surface area contributed by atoms with Gasteiger partial charge in [0.15, 0.2) is 6.17 Å². The van der Waals surface area contributed by atoms with Crippen LogP contribution in [0.4, 0.5) is 4.39 Å². The van der Waals surface area contributed by atoms with Crippen molar-refractivity contribution in [3.8, 4) is 11.4 Å². The Morgan fingerprint density at radius 1 is 1.35 bits per heavy atom. The number of carbonyl (C=O) groups excluding carboxylic acids is 1. The van der Waals surface area contributed by atoms with E-state index in [-0.39, 0.29) is 12.3 Å². The van der Waals surface area contributed by atoms with Gasteiger partial charge in [0.2, 0.25) is 11.7 Å². The zero-order valence-corrected chi connectivity index (χ0v) is 13.1. The van der Waals surface area contributed by atoms with Gasteiger partial charge in [-0.15, -0.1) is 0 Å². The molecule has 1 aromatic heterocycles. The lowest BCUT2D eigenvalue weighted by Gasteiger charge is -2.31. The minimum absolute atomic E-state index is 0.128. The second-order valence-corrected chi connectivity index (χ2v) is 5.80. The van der Waals surface area contributed by atoms with Crippen molar-refractivity contribution in [3.05, 3.63) is 36.2 Å². The molecular formula is C17H20FN3O2. The lowest BCUT2D eigenvalue weighted by atomic mass is 9.96. The van der Waals surface area contributed by atoms with Crippen molar-refractivity contribution in [3.63, 3.8) is 0 Å². The van der Waals surface area contributed by atoms with Gasteiger partial charge in [-0.3, -0.25) is 4.79 Å². The zero-order valence-electron chi connectivity index (χ0n) is 13.1. The van der Waals surface area contributed by atoms with E-state index in [1.807, 2.05) is 30.3 Å². The van der Waals surface area contributed by atoms with Crippen LogP contribution < -0.4 is 0 Å². The molecule has 1 amide bonds. The smallest absolute Gasteiger partial charge is 0.257 e. The molecule has 0 N–H and O–H groups in total. The van der Waals surface area contributed by atoms with Crippen LogP contribution >= 0.6 is 0 Å². The van der Waals surface area contributed by atoms with E-state index in [0.29, 0.717) is 24.8 Å². The molecule has 1 aromatic carbocycles. The number of rotatable bonds is 4. The Bertz CT molecular complexity index is 651. The Morgan fingerprint density at radius 2 is 2.04 bits per heavy atom. The number of aromatic nitrogens is 2. The molecule has 2 aromatic rings. The molecular weight excluding hydrogens is 297 g/mol. The largest absolute Gasteiger partial charge is 0.340 e. The topological polar surface area (TPSA) is 59.2 Å². The van der Waals surface area contributed by atoms with Crippen LogP contribution in [-0.2, 0) is 4.79 Å². The molecule has 1 saturated heterocycles. The molecule has 1 fully saturated rings. The summed E-state index contributed by atoms with van der Waals surface area (Å²) in [6.45, 7) is 2.75. The number of piperidine rings is 1. The Morgan fingerprint density at radius 3 is 2.70 bits per heavy atom. The normalized spacial score (nSPS) is 17.2. The SMILES string of the molecule is CCC(F)C(=O)N1CCC(c2nc(-c3ccccc3)no2)CC1. The van der Waals surface area contributed by atoms with Crippen molar-refractivity contribution < 1.29 is 13.7 Å².